The van der Waals surface area contributed by atoms with Crippen LogP contribution < -0.4 is 5.32 Å². The van der Waals surface area contributed by atoms with E-state index in [1.807, 2.05) is 0 Å². The van der Waals surface area contributed by atoms with Crippen molar-refractivity contribution in [3.63, 3.8) is 0 Å². The van der Waals surface area contributed by atoms with E-state index >= 15 is 0 Å². The minimum atomic E-state index is 0.416. The minimum Gasteiger partial charge on any atom is -0.378 e. The molecule has 3 heteroatoms. The zero-order valence-electron chi connectivity index (χ0n) is 13.1. The van der Waals surface area contributed by atoms with Gasteiger partial charge in [-0.3, -0.25) is 0 Å². The smallest absolute Gasteiger partial charge is 0.0599 e. The number of likely N-dealkylation sites (tertiary alicyclic amines) is 1. The SMILES string of the molecule is CCOC1CCN(CC(NC)c2ccc(C)cc2)CC1. The summed E-state index contributed by atoms with van der Waals surface area (Å²) in [6, 6.07) is 9.29. The van der Waals surface area contributed by atoms with Gasteiger partial charge in [-0.1, -0.05) is 29.8 Å². The molecule has 1 aliphatic rings. The van der Waals surface area contributed by atoms with Gasteiger partial charge in [-0.25, -0.2) is 0 Å². The van der Waals surface area contributed by atoms with Gasteiger partial charge in [-0.2, -0.15) is 0 Å². The Morgan fingerprint density at radius 3 is 2.45 bits per heavy atom. The van der Waals surface area contributed by atoms with E-state index in [-0.39, 0.29) is 0 Å². The number of piperidine rings is 1. The summed E-state index contributed by atoms with van der Waals surface area (Å²) in [5.41, 5.74) is 2.70. The van der Waals surface area contributed by atoms with E-state index in [1.165, 1.54) is 11.1 Å². The number of nitrogens with zero attached hydrogens (tertiary/aromatic N) is 1. The second-order valence-electron chi connectivity index (χ2n) is 5.71. The highest BCUT2D eigenvalue weighted by molar-refractivity contribution is 5.24. The number of benzene rings is 1. The number of aryl methyl sites for hydroxylation is 1. The molecule has 1 heterocycles. The zero-order valence-corrected chi connectivity index (χ0v) is 13.1. The predicted molar refractivity (Wildman–Crippen MR) is 84.1 cm³/mol. The Bertz CT molecular complexity index is 382. The van der Waals surface area contributed by atoms with Crippen LogP contribution in [0.5, 0.6) is 0 Å². The maximum atomic E-state index is 5.72. The van der Waals surface area contributed by atoms with Gasteiger partial charge >= 0.3 is 0 Å². The molecule has 1 atom stereocenters. The highest BCUT2D eigenvalue weighted by Crippen LogP contribution is 2.19. The second kappa shape index (κ2) is 7.77. The third-order valence-electron chi connectivity index (χ3n) is 4.21. The number of ether oxygens (including phenoxy) is 1. The summed E-state index contributed by atoms with van der Waals surface area (Å²) >= 11 is 0. The van der Waals surface area contributed by atoms with Crippen molar-refractivity contribution < 1.29 is 4.74 Å². The fourth-order valence-electron chi connectivity index (χ4n) is 2.91. The van der Waals surface area contributed by atoms with E-state index < -0.39 is 0 Å². The largest absolute Gasteiger partial charge is 0.378 e. The van der Waals surface area contributed by atoms with Crippen LogP contribution in [-0.4, -0.2) is 44.3 Å². The van der Waals surface area contributed by atoms with Crippen LogP contribution in [0, 0.1) is 6.92 Å². The lowest BCUT2D eigenvalue weighted by Crippen LogP contribution is -2.41. The summed E-state index contributed by atoms with van der Waals surface area (Å²) in [5, 5.41) is 3.45. The number of hydrogen-bond acceptors (Lipinski definition) is 3. The van der Waals surface area contributed by atoms with Crippen LogP contribution in [0.2, 0.25) is 0 Å². The Labute approximate surface area is 123 Å². The summed E-state index contributed by atoms with van der Waals surface area (Å²) in [5.74, 6) is 0. The third kappa shape index (κ3) is 4.30. The molecule has 0 saturated carbocycles. The molecule has 0 amide bonds. The summed E-state index contributed by atoms with van der Waals surface area (Å²) < 4.78 is 5.72. The van der Waals surface area contributed by atoms with E-state index in [4.69, 9.17) is 4.74 Å². The first-order valence-electron chi connectivity index (χ1n) is 7.80. The van der Waals surface area contributed by atoms with E-state index in [2.05, 4.69) is 55.4 Å². The van der Waals surface area contributed by atoms with Gasteiger partial charge in [0.2, 0.25) is 0 Å². The normalized spacial score (nSPS) is 19.1. The first-order valence-corrected chi connectivity index (χ1v) is 7.80. The molecule has 20 heavy (non-hydrogen) atoms. The molecule has 1 N–H and O–H groups in total. The number of likely N-dealkylation sites (N-methyl/N-ethyl adjacent to an activating group) is 1. The molecule has 0 aliphatic carbocycles. The second-order valence-corrected chi connectivity index (χ2v) is 5.71. The maximum Gasteiger partial charge on any atom is 0.0599 e. The Hall–Kier alpha value is -0.900. The van der Waals surface area contributed by atoms with Crippen molar-refractivity contribution in [1.29, 1.82) is 0 Å². The lowest BCUT2D eigenvalue weighted by Gasteiger charge is -2.34. The Morgan fingerprint density at radius 2 is 1.90 bits per heavy atom. The van der Waals surface area contributed by atoms with Crippen molar-refractivity contribution in [1.82, 2.24) is 10.2 Å². The molecule has 0 spiro atoms. The maximum absolute atomic E-state index is 5.72. The van der Waals surface area contributed by atoms with Crippen LogP contribution in [0.3, 0.4) is 0 Å². The van der Waals surface area contributed by atoms with E-state index in [9.17, 15) is 0 Å². The first-order chi connectivity index (χ1) is 9.72. The van der Waals surface area contributed by atoms with Gasteiger partial charge in [-0.05, 0) is 39.3 Å². The number of hydrogen-bond donors (Lipinski definition) is 1. The predicted octanol–water partition coefficient (Wildman–Crippen LogP) is 2.76. The van der Waals surface area contributed by atoms with Crippen LogP contribution in [0.15, 0.2) is 24.3 Å². The molecule has 1 aromatic carbocycles. The molecule has 0 radical (unpaired) electrons. The molecule has 3 nitrogen and oxygen atoms in total. The molecule has 0 bridgehead atoms. The van der Waals surface area contributed by atoms with Crippen molar-refractivity contribution >= 4 is 0 Å². The molecule has 0 aromatic heterocycles. The molecule has 1 fully saturated rings. The quantitative estimate of drug-likeness (QED) is 0.864. The lowest BCUT2D eigenvalue weighted by molar-refractivity contribution is 0.0125. The van der Waals surface area contributed by atoms with Crippen molar-refractivity contribution in [2.75, 3.05) is 33.3 Å². The topological polar surface area (TPSA) is 24.5 Å². The average molecular weight is 276 g/mol. The summed E-state index contributed by atoms with van der Waals surface area (Å²) in [7, 11) is 2.05. The summed E-state index contributed by atoms with van der Waals surface area (Å²) in [4.78, 5) is 2.55. The lowest BCUT2D eigenvalue weighted by atomic mass is 10.0. The molecule has 1 saturated heterocycles. The zero-order chi connectivity index (χ0) is 14.4. The van der Waals surface area contributed by atoms with Gasteiger partial charge in [0.15, 0.2) is 0 Å². The van der Waals surface area contributed by atoms with Gasteiger partial charge in [0.05, 0.1) is 6.10 Å². The van der Waals surface area contributed by atoms with E-state index in [1.54, 1.807) is 0 Å². The number of nitrogens with one attached hydrogen (secondary N) is 1. The van der Waals surface area contributed by atoms with Crippen LogP contribution in [-0.2, 0) is 4.74 Å². The highest BCUT2D eigenvalue weighted by Gasteiger charge is 2.21. The Morgan fingerprint density at radius 1 is 1.25 bits per heavy atom. The average Bonchev–Trinajstić information content (AvgIpc) is 2.48. The molecule has 112 valence electrons. The van der Waals surface area contributed by atoms with Crippen LogP contribution in [0.1, 0.15) is 36.9 Å². The van der Waals surface area contributed by atoms with Gasteiger partial charge in [0.1, 0.15) is 0 Å². The monoisotopic (exact) mass is 276 g/mol. The molecule has 1 aliphatic heterocycles. The fourth-order valence-corrected chi connectivity index (χ4v) is 2.91. The van der Waals surface area contributed by atoms with Gasteiger partial charge < -0.3 is 15.0 Å². The van der Waals surface area contributed by atoms with Crippen molar-refractivity contribution in [3.8, 4) is 0 Å². The molecule has 1 unspecified atom stereocenters. The van der Waals surface area contributed by atoms with Gasteiger partial charge in [0, 0.05) is 32.3 Å². The number of rotatable bonds is 6. The van der Waals surface area contributed by atoms with Crippen molar-refractivity contribution in [3.05, 3.63) is 35.4 Å². The van der Waals surface area contributed by atoms with E-state index in [0.717, 1.165) is 39.1 Å². The van der Waals surface area contributed by atoms with Crippen LogP contribution in [0.4, 0.5) is 0 Å². The standard InChI is InChI=1S/C17H28N2O/c1-4-20-16-9-11-19(12-10-16)13-17(18-3)15-7-5-14(2)6-8-15/h5-8,16-18H,4,9-13H2,1-3H3. The molecule has 1 aromatic rings. The summed E-state index contributed by atoms with van der Waals surface area (Å²) in [6.45, 7) is 8.44. The van der Waals surface area contributed by atoms with Crippen LogP contribution >= 0.6 is 0 Å². The fraction of sp³-hybridized carbons (Fsp3) is 0.647. The van der Waals surface area contributed by atoms with Gasteiger partial charge in [0.25, 0.3) is 0 Å². The molecule has 2 rings (SSSR count). The van der Waals surface area contributed by atoms with Crippen molar-refractivity contribution in [2.45, 2.75) is 38.8 Å². The summed E-state index contributed by atoms with van der Waals surface area (Å²) in [6.07, 6.45) is 2.81. The minimum absolute atomic E-state index is 0.416. The van der Waals surface area contributed by atoms with E-state index in [0.29, 0.717) is 12.1 Å². The molecular weight excluding hydrogens is 248 g/mol. The third-order valence-corrected chi connectivity index (χ3v) is 4.21. The Balaban J connectivity index is 1.86. The Kier molecular flexibility index (Phi) is 6.02. The molecular formula is C17H28N2O. The van der Waals surface area contributed by atoms with Crippen LogP contribution in [0.25, 0.3) is 0 Å². The highest BCUT2D eigenvalue weighted by atomic mass is 16.5. The first kappa shape index (κ1) is 15.5. The van der Waals surface area contributed by atoms with Crippen molar-refractivity contribution in [2.24, 2.45) is 0 Å². The van der Waals surface area contributed by atoms with Gasteiger partial charge in [-0.15, -0.1) is 0 Å².